The number of nitrogens with zero attached hydrogens (tertiary/aromatic N) is 3. The first-order chi connectivity index (χ1) is 13.5. The first kappa shape index (κ1) is 20.0. The van der Waals surface area contributed by atoms with Crippen molar-refractivity contribution in [2.45, 2.75) is 37.7 Å². The lowest BCUT2D eigenvalue weighted by molar-refractivity contribution is -0.115. The van der Waals surface area contributed by atoms with Crippen LogP contribution in [0.15, 0.2) is 52.2 Å². The van der Waals surface area contributed by atoms with Crippen molar-refractivity contribution >= 4 is 23.4 Å². The van der Waals surface area contributed by atoms with E-state index in [2.05, 4.69) is 29.4 Å². The molecule has 2 aromatic heterocycles. The van der Waals surface area contributed by atoms with Crippen molar-refractivity contribution in [2.75, 3.05) is 12.4 Å². The number of hydrogen-bond acceptors (Lipinski definition) is 6. The summed E-state index contributed by atoms with van der Waals surface area (Å²) < 4.78 is 12.6. The van der Waals surface area contributed by atoms with Gasteiger partial charge in [-0.2, -0.15) is 0 Å². The molecule has 0 bridgehead atoms. The molecule has 0 aliphatic rings. The van der Waals surface area contributed by atoms with E-state index in [9.17, 15) is 4.79 Å². The number of carbonyl (C=O) groups excluding carboxylic acids is 1. The molecule has 148 valence electrons. The van der Waals surface area contributed by atoms with Crippen LogP contribution in [0.3, 0.4) is 0 Å². The summed E-state index contributed by atoms with van der Waals surface area (Å²) in [6.45, 7) is 6.84. The summed E-state index contributed by atoms with van der Waals surface area (Å²) in [4.78, 5) is 12.6. The summed E-state index contributed by atoms with van der Waals surface area (Å²) in [7, 11) is 1.61. The highest BCUT2D eigenvalue weighted by Crippen LogP contribution is 2.28. The minimum atomic E-state index is -0.346. The minimum Gasteiger partial charge on any atom is -0.497 e. The van der Waals surface area contributed by atoms with Gasteiger partial charge in [0.2, 0.25) is 5.91 Å². The Morgan fingerprint density at radius 1 is 1.21 bits per heavy atom. The molecule has 1 amide bonds. The van der Waals surface area contributed by atoms with Gasteiger partial charge in [-0.3, -0.25) is 9.36 Å². The molecule has 0 radical (unpaired) electrons. The molecule has 7 nitrogen and oxygen atoms in total. The van der Waals surface area contributed by atoms with Gasteiger partial charge in [0.05, 0.1) is 18.6 Å². The molecule has 0 saturated heterocycles. The summed E-state index contributed by atoms with van der Waals surface area (Å²) >= 11 is 1.38. The molecule has 3 rings (SSSR count). The third kappa shape index (κ3) is 4.75. The van der Waals surface area contributed by atoms with E-state index in [1.54, 1.807) is 13.4 Å². The number of ether oxygens (including phenoxy) is 1. The van der Waals surface area contributed by atoms with E-state index in [1.807, 2.05) is 47.9 Å². The Morgan fingerprint density at radius 3 is 2.57 bits per heavy atom. The number of carbonyl (C=O) groups is 1. The zero-order valence-electron chi connectivity index (χ0n) is 16.4. The number of aromatic nitrogens is 3. The van der Waals surface area contributed by atoms with Crippen molar-refractivity contribution in [3.8, 4) is 17.3 Å². The maximum Gasteiger partial charge on any atom is 0.237 e. The number of anilines is 1. The lowest BCUT2D eigenvalue weighted by atomic mass is 10.2. The quantitative estimate of drug-likeness (QED) is 0.567. The van der Waals surface area contributed by atoms with Gasteiger partial charge in [0, 0.05) is 12.2 Å². The number of hydrogen-bond donors (Lipinski definition) is 1. The van der Waals surface area contributed by atoms with Gasteiger partial charge < -0.3 is 14.5 Å². The smallest absolute Gasteiger partial charge is 0.237 e. The molecule has 0 unspecified atom stereocenters. The molecular weight excluding hydrogens is 376 g/mol. The van der Waals surface area contributed by atoms with E-state index in [-0.39, 0.29) is 11.2 Å². The SMILES string of the molecule is COc1ccc(NC(=O)[C@@H](C)Sc2nnc(-c3ccco3)n2CC(C)C)cc1. The van der Waals surface area contributed by atoms with Crippen LogP contribution in [0, 0.1) is 5.92 Å². The van der Waals surface area contributed by atoms with E-state index in [0.29, 0.717) is 22.7 Å². The zero-order valence-corrected chi connectivity index (χ0v) is 17.2. The van der Waals surface area contributed by atoms with Crippen LogP contribution in [0.25, 0.3) is 11.6 Å². The Balaban J connectivity index is 1.73. The van der Waals surface area contributed by atoms with Crippen molar-refractivity contribution in [3.63, 3.8) is 0 Å². The molecule has 1 N–H and O–H groups in total. The second-order valence-electron chi connectivity index (χ2n) is 6.77. The normalized spacial score (nSPS) is 12.2. The number of nitrogens with one attached hydrogen (secondary N) is 1. The topological polar surface area (TPSA) is 82.2 Å². The summed E-state index contributed by atoms with van der Waals surface area (Å²) in [6, 6.07) is 10.9. The number of rotatable bonds is 8. The number of thioether (sulfide) groups is 1. The molecule has 1 aromatic carbocycles. The number of methoxy groups -OCH3 is 1. The number of benzene rings is 1. The fraction of sp³-hybridized carbons (Fsp3) is 0.350. The molecule has 3 aromatic rings. The summed E-state index contributed by atoms with van der Waals surface area (Å²) in [6.07, 6.45) is 1.61. The molecular formula is C20H24N4O3S. The number of furan rings is 1. The van der Waals surface area contributed by atoms with Gasteiger partial charge in [-0.25, -0.2) is 0 Å². The first-order valence-electron chi connectivity index (χ1n) is 9.06. The van der Waals surface area contributed by atoms with Crippen LogP contribution in [0.4, 0.5) is 5.69 Å². The largest absolute Gasteiger partial charge is 0.497 e. The fourth-order valence-electron chi connectivity index (χ4n) is 2.62. The molecule has 0 aliphatic heterocycles. The maximum atomic E-state index is 12.6. The standard InChI is InChI=1S/C20H24N4O3S/c1-13(2)12-24-18(17-6-5-11-27-17)22-23-20(24)28-14(3)19(25)21-15-7-9-16(26-4)10-8-15/h5-11,13-14H,12H2,1-4H3,(H,21,25)/t14-/m1/s1. The Hall–Kier alpha value is -2.74. The van der Waals surface area contributed by atoms with Crippen molar-refractivity contribution in [3.05, 3.63) is 42.7 Å². The molecule has 28 heavy (non-hydrogen) atoms. The van der Waals surface area contributed by atoms with E-state index in [1.165, 1.54) is 11.8 Å². The summed E-state index contributed by atoms with van der Waals surface area (Å²) in [5.41, 5.74) is 0.721. The van der Waals surface area contributed by atoms with E-state index >= 15 is 0 Å². The highest BCUT2D eigenvalue weighted by atomic mass is 32.2. The van der Waals surface area contributed by atoms with Gasteiger partial charge in [0.15, 0.2) is 16.7 Å². The van der Waals surface area contributed by atoms with E-state index in [0.717, 1.165) is 18.0 Å². The van der Waals surface area contributed by atoms with Crippen molar-refractivity contribution < 1.29 is 13.9 Å². The third-order valence-corrected chi connectivity index (χ3v) is 5.10. The molecule has 0 aliphatic carbocycles. The van der Waals surface area contributed by atoms with Crippen LogP contribution in [-0.2, 0) is 11.3 Å². The predicted octanol–water partition coefficient (Wildman–Crippen LogP) is 4.32. The lowest BCUT2D eigenvalue weighted by Crippen LogP contribution is -2.23. The monoisotopic (exact) mass is 400 g/mol. The van der Waals surface area contributed by atoms with Crippen LogP contribution < -0.4 is 10.1 Å². The average molecular weight is 401 g/mol. The Morgan fingerprint density at radius 2 is 1.96 bits per heavy atom. The van der Waals surface area contributed by atoms with Crippen LogP contribution in [0.2, 0.25) is 0 Å². The second kappa shape index (κ2) is 8.97. The second-order valence-corrected chi connectivity index (χ2v) is 8.07. The average Bonchev–Trinajstić information content (AvgIpc) is 3.32. The van der Waals surface area contributed by atoms with Crippen LogP contribution in [-0.4, -0.2) is 33.0 Å². The van der Waals surface area contributed by atoms with Gasteiger partial charge >= 0.3 is 0 Å². The van der Waals surface area contributed by atoms with Gasteiger partial charge in [-0.1, -0.05) is 25.6 Å². The molecule has 0 fully saturated rings. The number of amides is 1. The van der Waals surface area contributed by atoms with Gasteiger partial charge in [0.1, 0.15) is 5.75 Å². The summed E-state index contributed by atoms with van der Waals surface area (Å²) in [5.74, 6) is 2.37. The molecule has 8 heteroatoms. The molecule has 2 heterocycles. The predicted molar refractivity (Wildman–Crippen MR) is 110 cm³/mol. The maximum absolute atomic E-state index is 12.6. The van der Waals surface area contributed by atoms with Crippen LogP contribution in [0.5, 0.6) is 5.75 Å². The van der Waals surface area contributed by atoms with Gasteiger partial charge in [-0.05, 0) is 49.2 Å². The van der Waals surface area contributed by atoms with Gasteiger partial charge in [-0.15, -0.1) is 10.2 Å². The zero-order chi connectivity index (χ0) is 20.1. The first-order valence-corrected chi connectivity index (χ1v) is 9.94. The highest BCUT2D eigenvalue weighted by molar-refractivity contribution is 8.00. The Bertz CT molecular complexity index is 904. The van der Waals surface area contributed by atoms with Crippen molar-refractivity contribution in [2.24, 2.45) is 5.92 Å². The van der Waals surface area contributed by atoms with Gasteiger partial charge in [0.25, 0.3) is 0 Å². The fourth-order valence-corrected chi connectivity index (χ4v) is 3.48. The van der Waals surface area contributed by atoms with Crippen LogP contribution in [0.1, 0.15) is 20.8 Å². The highest BCUT2D eigenvalue weighted by Gasteiger charge is 2.22. The van der Waals surface area contributed by atoms with Crippen LogP contribution >= 0.6 is 11.8 Å². The lowest BCUT2D eigenvalue weighted by Gasteiger charge is -2.14. The molecule has 1 atom stereocenters. The minimum absolute atomic E-state index is 0.103. The van der Waals surface area contributed by atoms with Crippen molar-refractivity contribution in [1.29, 1.82) is 0 Å². The van der Waals surface area contributed by atoms with Crippen molar-refractivity contribution in [1.82, 2.24) is 14.8 Å². The Kier molecular flexibility index (Phi) is 6.41. The molecule has 0 saturated carbocycles. The third-order valence-electron chi connectivity index (χ3n) is 4.02. The summed E-state index contributed by atoms with van der Waals surface area (Å²) in [5, 5.41) is 11.8. The van der Waals surface area contributed by atoms with E-state index in [4.69, 9.17) is 9.15 Å². The van der Waals surface area contributed by atoms with E-state index < -0.39 is 0 Å². The molecule has 0 spiro atoms. The Labute approximate surface area is 168 Å².